The van der Waals surface area contributed by atoms with E-state index in [1.54, 1.807) is 10.9 Å². The third-order valence-corrected chi connectivity index (χ3v) is 6.57. The second-order valence-corrected chi connectivity index (χ2v) is 8.67. The Hall–Kier alpha value is -1.67. The van der Waals surface area contributed by atoms with Crippen LogP contribution in [0.4, 0.5) is 0 Å². The van der Waals surface area contributed by atoms with Crippen molar-refractivity contribution in [2.24, 2.45) is 17.8 Å². The van der Waals surface area contributed by atoms with Gasteiger partial charge in [-0.2, -0.15) is 0 Å². The average Bonchev–Trinajstić information content (AvgIpc) is 2.98. The van der Waals surface area contributed by atoms with Gasteiger partial charge < -0.3 is 10.1 Å². The normalized spacial score (nSPS) is 32.4. The number of nitrogens with one attached hydrogen (secondary N) is 2. The molecule has 136 valence electrons. The number of carbonyl (C=O) groups excluding carboxylic acids is 2. The van der Waals surface area contributed by atoms with Crippen LogP contribution in [0.15, 0.2) is 5.38 Å². The van der Waals surface area contributed by atoms with E-state index in [1.807, 2.05) is 0 Å². The molecular formula is C17H23N3O4S. The summed E-state index contributed by atoms with van der Waals surface area (Å²) in [6.07, 6.45) is 7.35. The van der Waals surface area contributed by atoms with Crippen molar-refractivity contribution in [3.8, 4) is 5.19 Å². The first kappa shape index (κ1) is 16.8. The molecule has 4 aliphatic carbocycles. The van der Waals surface area contributed by atoms with Gasteiger partial charge in [-0.15, -0.1) is 0 Å². The van der Waals surface area contributed by atoms with Crippen LogP contribution in [0, 0.1) is 17.8 Å². The average molecular weight is 365 g/mol. The molecule has 0 saturated heterocycles. The van der Waals surface area contributed by atoms with E-state index in [-0.39, 0.29) is 24.5 Å². The van der Waals surface area contributed by atoms with Crippen LogP contribution < -0.4 is 15.5 Å². The minimum absolute atomic E-state index is 0.0115. The summed E-state index contributed by atoms with van der Waals surface area (Å²) in [4.78, 5) is 27.6. The van der Waals surface area contributed by atoms with Crippen LogP contribution in [0.3, 0.4) is 0 Å². The topological polar surface area (TPSA) is 101 Å². The predicted octanol–water partition coefficient (Wildman–Crippen LogP) is 1.65. The van der Waals surface area contributed by atoms with E-state index in [0.717, 1.165) is 37.0 Å². The quantitative estimate of drug-likeness (QED) is 0.526. The molecule has 0 spiro atoms. The summed E-state index contributed by atoms with van der Waals surface area (Å²) in [5.74, 6) is 1.73. The maximum absolute atomic E-state index is 12.4. The molecule has 25 heavy (non-hydrogen) atoms. The highest BCUT2D eigenvalue weighted by Gasteiger charge is 2.51. The summed E-state index contributed by atoms with van der Waals surface area (Å²) < 4.78 is 5.48. The molecule has 0 aliphatic heterocycles. The molecule has 2 amide bonds. The van der Waals surface area contributed by atoms with E-state index in [1.165, 1.54) is 30.6 Å². The second-order valence-electron chi connectivity index (χ2n) is 7.85. The van der Waals surface area contributed by atoms with Crippen LogP contribution in [0.1, 0.15) is 44.2 Å². The zero-order chi connectivity index (χ0) is 17.4. The number of amides is 2. The Morgan fingerprint density at radius 2 is 1.84 bits per heavy atom. The largest absolute Gasteiger partial charge is 0.460 e. The molecular weight excluding hydrogens is 342 g/mol. The first-order valence-corrected chi connectivity index (χ1v) is 9.73. The lowest BCUT2D eigenvalue weighted by Gasteiger charge is -2.56. The van der Waals surface area contributed by atoms with Crippen molar-refractivity contribution in [1.82, 2.24) is 15.8 Å². The number of thiazole rings is 1. The van der Waals surface area contributed by atoms with Gasteiger partial charge in [-0.05, 0) is 56.3 Å². The van der Waals surface area contributed by atoms with E-state index in [4.69, 9.17) is 9.94 Å². The third-order valence-electron chi connectivity index (χ3n) is 5.77. The molecule has 5 rings (SSSR count). The molecule has 0 aromatic carbocycles. The minimum Gasteiger partial charge on any atom is -0.460 e. The maximum atomic E-state index is 12.4. The van der Waals surface area contributed by atoms with Crippen LogP contribution in [-0.4, -0.2) is 34.2 Å². The Morgan fingerprint density at radius 3 is 2.44 bits per heavy atom. The molecule has 1 aromatic rings. The SMILES string of the molecule is O=C(Cc1csc(OCC(=O)NC23CC4CC(CC(C4)C2)C3)n1)NO. The number of rotatable bonds is 6. The van der Waals surface area contributed by atoms with Gasteiger partial charge in [0, 0.05) is 10.9 Å². The van der Waals surface area contributed by atoms with Gasteiger partial charge in [0.1, 0.15) is 0 Å². The van der Waals surface area contributed by atoms with Crippen LogP contribution >= 0.6 is 11.3 Å². The van der Waals surface area contributed by atoms with E-state index >= 15 is 0 Å². The smallest absolute Gasteiger partial charge is 0.273 e. The lowest BCUT2D eigenvalue weighted by molar-refractivity contribution is -0.129. The summed E-state index contributed by atoms with van der Waals surface area (Å²) in [6.45, 7) is -0.0547. The number of aromatic nitrogens is 1. The molecule has 4 fully saturated rings. The zero-order valence-electron chi connectivity index (χ0n) is 14.0. The van der Waals surface area contributed by atoms with Crippen molar-refractivity contribution in [2.45, 2.75) is 50.5 Å². The standard InChI is InChI=1S/C17H23N3O4S/c21-14(20-23)4-13-9-25-16(18-13)24-8-15(22)19-17-5-10-1-11(6-17)3-12(2-10)7-17/h9-12,23H,1-8H2,(H,19,22)(H,20,21). The Morgan fingerprint density at radius 1 is 1.20 bits per heavy atom. The number of nitrogens with zero attached hydrogens (tertiary/aromatic N) is 1. The summed E-state index contributed by atoms with van der Waals surface area (Å²) in [6, 6.07) is 0. The Labute approximate surface area is 150 Å². The highest BCUT2D eigenvalue weighted by molar-refractivity contribution is 7.11. The minimum atomic E-state index is -0.531. The molecule has 0 unspecified atom stereocenters. The van der Waals surface area contributed by atoms with Crippen molar-refractivity contribution < 1.29 is 19.5 Å². The van der Waals surface area contributed by atoms with Gasteiger partial charge in [-0.3, -0.25) is 14.8 Å². The number of hydroxylamine groups is 1. The van der Waals surface area contributed by atoms with Crippen molar-refractivity contribution in [3.63, 3.8) is 0 Å². The molecule has 4 bridgehead atoms. The lowest BCUT2D eigenvalue weighted by atomic mass is 9.53. The zero-order valence-corrected chi connectivity index (χ0v) is 14.8. The lowest BCUT2D eigenvalue weighted by Crippen LogP contribution is -2.60. The van der Waals surface area contributed by atoms with E-state index in [9.17, 15) is 9.59 Å². The van der Waals surface area contributed by atoms with Crippen molar-refractivity contribution in [2.75, 3.05) is 6.61 Å². The van der Waals surface area contributed by atoms with E-state index in [0.29, 0.717) is 10.9 Å². The molecule has 7 nitrogen and oxygen atoms in total. The summed E-state index contributed by atoms with van der Waals surface area (Å²) in [7, 11) is 0. The Bertz CT molecular complexity index is 639. The molecule has 4 saturated carbocycles. The summed E-state index contributed by atoms with van der Waals surface area (Å²) >= 11 is 1.24. The van der Waals surface area contributed by atoms with Crippen LogP contribution in [0.25, 0.3) is 0 Å². The van der Waals surface area contributed by atoms with Gasteiger partial charge in [0.05, 0.1) is 12.1 Å². The summed E-state index contributed by atoms with van der Waals surface area (Å²) in [5.41, 5.74) is 2.06. The number of hydrogen-bond donors (Lipinski definition) is 3. The fourth-order valence-corrected chi connectivity index (χ4v) is 6.03. The van der Waals surface area contributed by atoms with Gasteiger partial charge in [0.15, 0.2) is 6.61 Å². The third kappa shape index (κ3) is 3.64. The Kier molecular flexibility index (Phi) is 4.41. The van der Waals surface area contributed by atoms with Gasteiger partial charge in [0.2, 0.25) is 5.91 Å². The van der Waals surface area contributed by atoms with Crippen LogP contribution in [0.2, 0.25) is 0 Å². The van der Waals surface area contributed by atoms with E-state index in [2.05, 4.69) is 10.3 Å². The number of ether oxygens (including phenoxy) is 1. The number of hydrogen-bond acceptors (Lipinski definition) is 6. The van der Waals surface area contributed by atoms with Crippen molar-refractivity contribution >= 4 is 23.2 Å². The first-order chi connectivity index (χ1) is 12.0. The first-order valence-electron chi connectivity index (χ1n) is 8.85. The van der Waals surface area contributed by atoms with Gasteiger partial charge in [-0.25, -0.2) is 10.5 Å². The molecule has 8 heteroatoms. The predicted molar refractivity (Wildman–Crippen MR) is 90.3 cm³/mol. The van der Waals surface area contributed by atoms with Crippen LogP contribution in [-0.2, 0) is 16.0 Å². The molecule has 3 N–H and O–H groups in total. The highest BCUT2D eigenvalue weighted by atomic mass is 32.1. The van der Waals surface area contributed by atoms with E-state index < -0.39 is 5.91 Å². The number of carbonyl (C=O) groups is 2. The molecule has 0 radical (unpaired) electrons. The fraction of sp³-hybridized carbons (Fsp3) is 0.706. The van der Waals surface area contributed by atoms with Gasteiger partial charge in [-0.1, -0.05) is 11.3 Å². The highest BCUT2D eigenvalue weighted by Crippen LogP contribution is 2.55. The Balaban J connectivity index is 1.29. The van der Waals surface area contributed by atoms with Gasteiger partial charge >= 0.3 is 0 Å². The second kappa shape index (κ2) is 6.57. The maximum Gasteiger partial charge on any atom is 0.273 e. The van der Waals surface area contributed by atoms with Crippen LogP contribution in [0.5, 0.6) is 5.19 Å². The molecule has 0 atom stereocenters. The van der Waals surface area contributed by atoms with Crippen molar-refractivity contribution in [3.05, 3.63) is 11.1 Å². The summed E-state index contributed by atoms with van der Waals surface area (Å²) in [5, 5.41) is 13.8. The monoisotopic (exact) mass is 365 g/mol. The van der Waals surface area contributed by atoms with Gasteiger partial charge in [0.25, 0.3) is 11.1 Å². The van der Waals surface area contributed by atoms with Crippen molar-refractivity contribution in [1.29, 1.82) is 0 Å². The molecule has 4 aliphatic rings. The molecule has 1 heterocycles. The fourth-order valence-electron chi connectivity index (χ4n) is 5.36. The molecule has 1 aromatic heterocycles.